The minimum absolute atomic E-state index is 0.206. The number of aliphatic hydroxyl groups is 1. The van der Waals surface area contributed by atoms with Crippen LogP contribution in [0.5, 0.6) is 5.75 Å². The summed E-state index contributed by atoms with van der Waals surface area (Å²) < 4.78 is 32.6. The lowest BCUT2D eigenvalue weighted by atomic mass is 10.1. The van der Waals surface area contributed by atoms with E-state index in [2.05, 4.69) is 10.1 Å². The molecule has 2 heterocycles. The van der Waals surface area contributed by atoms with Crippen molar-refractivity contribution < 1.29 is 18.3 Å². The van der Waals surface area contributed by atoms with Crippen LogP contribution in [0, 0.1) is 6.92 Å². The van der Waals surface area contributed by atoms with Gasteiger partial charge in [0, 0.05) is 5.56 Å². The topological polar surface area (TPSA) is 93.8 Å². The normalized spacial score (nSPS) is 15.4. The van der Waals surface area contributed by atoms with Gasteiger partial charge in [-0.15, -0.1) is 0 Å². The second-order valence-corrected chi connectivity index (χ2v) is 10.5. The summed E-state index contributed by atoms with van der Waals surface area (Å²) in [4.78, 5) is 5.39. The molecule has 27 heavy (non-hydrogen) atoms. The van der Waals surface area contributed by atoms with Crippen molar-refractivity contribution in [2.24, 2.45) is 0 Å². The van der Waals surface area contributed by atoms with E-state index in [0.29, 0.717) is 39.8 Å². The van der Waals surface area contributed by atoms with Gasteiger partial charge in [0.25, 0.3) is 0 Å². The highest BCUT2D eigenvalue weighted by Crippen LogP contribution is 2.40. The smallest absolute Gasteiger partial charge is 0.213 e. The molecule has 1 aliphatic rings. The van der Waals surface area contributed by atoms with Crippen LogP contribution in [0.25, 0.3) is 16.2 Å². The molecule has 1 N–H and O–H groups in total. The second-order valence-electron chi connectivity index (χ2n) is 7.32. The van der Waals surface area contributed by atoms with E-state index in [1.807, 2.05) is 13.0 Å². The van der Waals surface area contributed by atoms with Crippen molar-refractivity contribution in [3.05, 3.63) is 28.9 Å². The van der Waals surface area contributed by atoms with E-state index in [-0.39, 0.29) is 10.1 Å². The van der Waals surface area contributed by atoms with Crippen molar-refractivity contribution in [3.8, 4) is 17.0 Å². The molecular formula is C18H21N3O4S2. The highest BCUT2D eigenvalue weighted by atomic mass is 32.2. The van der Waals surface area contributed by atoms with Crippen LogP contribution in [0.2, 0.25) is 0 Å². The standard InChI is InChI=1S/C18H21N3O4S2/c1-10-15(21-17(19-10)26-16(20-21)18(2,3)22)11-5-8-13(25-4)14(9-11)27(23,24)12-6-7-12/h5,8-9,12,22H,6-7H2,1-4H3. The van der Waals surface area contributed by atoms with Crippen LogP contribution in [-0.4, -0.2) is 40.5 Å². The molecule has 3 aromatic rings. The fourth-order valence-electron chi connectivity index (χ4n) is 3.03. The Morgan fingerprint density at radius 3 is 2.63 bits per heavy atom. The van der Waals surface area contributed by atoms with Crippen molar-refractivity contribution in [1.29, 1.82) is 0 Å². The van der Waals surface area contributed by atoms with E-state index in [1.165, 1.54) is 18.4 Å². The number of sulfone groups is 1. The van der Waals surface area contributed by atoms with Crippen molar-refractivity contribution >= 4 is 26.1 Å². The van der Waals surface area contributed by atoms with Crippen LogP contribution in [0.4, 0.5) is 0 Å². The summed E-state index contributed by atoms with van der Waals surface area (Å²) in [5, 5.41) is 15.0. The Morgan fingerprint density at radius 1 is 1.33 bits per heavy atom. The summed E-state index contributed by atoms with van der Waals surface area (Å²) >= 11 is 1.31. The first-order chi connectivity index (χ1) is 12.6. The molecule has 1 aliphatic carbocycles. The Morgan fingerprint density at radius 2 is 2.04 bits per heavy atom. The lowest BCUT2D eigenvalue weighted by Crippen LogP contribution is -2.15. The predicted octanol–water partition coefficient (Wildman–Crippen LogP) is 2.94. The molecule has 1 saturated carbocycles. The summed E-state index contributed by atoms with van der Waals surface area (Å²) in [7, 11) is -1.95. The molecule has 9 heteroatoms. The van der Waals surface area contributed by atoms with Crippen LogP contribution in [-0.2, 0) is 15.4 Å². The molecule has 0 radical (unpaired) electrons. The maximum absolute atomic E-state index is 12.8. The quantitative estimate of drug-likeness (QED) is 0.699. The van der Waals surface area contributed by atoms with E-state index in [0.717, 1.165) is 5.69 Å². The van der Waals surface area contributed by atoms with Gasteiger partial charge in [-0.2, -0.15) is 5.10 Å². The van der Waals surface area contributed by atoms with Crippen molar-refractivity contribution in [2.75, 3.05) is 7.11 Å². The molecule has 144 valence electrons. The van der Waals surface area contributed by atoms with Crippen LogP contribution in [0.1, 0.15) is 37.4 Å². The lowest BCUT2D eigenvalue weighted by molar-refractivity contribution is 0.0773. The SMILES string of the molecule is COc1ccc(-c2c(C)nc3sc(C(C)(C)O)nn23)cc1S(=O)(=O)C1CC1. The van der Waals surface area contributed by atoms with Gasteiger partial charge in [0.1, 0.15) is 21.3 Å². The Kier molecular flexibility index (Phi) is 4.10. The van der Waals surface area contributed by atoms with Crippen molar-refractivity contribution in [1.82, 2.24) is 14.6 Å². The largest absolute Gasteiger partial charge is 0.495 e. The zero-order valence-corrected chi connectivity index (χ0v) is 17.2. The third-order valence-corrected chi connectivity index (χ3v) is 8.11. The minimum atomic E-state index is -3.42. The number of fused-ring (bicyclic) bond motifs is 1. The average Bonchev–Trinajstić information content (AvgIpc) is 3.30. The zero-order valence-electron chi connectivity index (χ0n) is 15.6. The minimum Gasteiger partial charge on any atom is -0.495 e. The molecule has 0 amide bonds. The van der Waals surface area contributed by atoms with E-state index in [9.17, 15) is 13.5 Å². The monoisotopic (exact) mass is 407 g/mol. The summed E-state index contributed by atoms with van der Waals surface area (Å²) in [6, 6.07) is 5.13. The first-order valence-electron chi connectivity index (χ1n) is 8.64. The number of aryl methyl sites for hydroxylation is 1. The van der Waals surface area contributed by atoms with Crippen LogP contribution in [0.3, 0.4) is 0 Å². The molecule has 2 aromatic heterocycles. The second kappa shape index (κ2) is 6.02. The number of benzene rings is 1. The van der Waals surface area contributed by atoms with E-state index < -0.39 is 15.4 Å². The number of hydrogen-bond acceptors (Lipinski definition) is 7. The van der Waals surface area contributed by atoms with Crippen LogP contribution in [0.15, 0.2) is 23.1 Å². The molecule has 0 atom stereocenters. The summed E-state index contributed by atoms with van der Waals surface area (Å²) in [5.74, 6) is 0.347. The lowest BCUT2D eigenvalue weighted by Gasteiger charge is -2.12. The van der Waals surface area contributed by atoms with Gasteiger partial charge in [-0.25, -0.2) is 17.9 Å². The van der Waals surface area contributed by atoms with Crippen LogP contribution >= 0.6 is 11.3 Å². The number of methoxy groups -OCH3 is 1. The Labute approximate surface area is 161 Å². The van der Waals surface area contributed by atoms with Gasteiger partial charge >= 0.3 is 0 Å². The highest BCUT2D eigenvalue weighted by molar-refractivity contribution is 7.92. The third kappa shape index (κ3) is 3.03. The number of rotatable bonds is 5. The number of imidazole rings is 1. The van der Waals surface area contributed by atoms with Gasteiger partial charge < -0.3 is 9.84 Å². The number of nitrogens with zero attached hydrogens (tertiary/aromatic N) is 3. The molecule has 0 saturated heterocycles. The molecule has 4 rings (SSSR count). The van der Waals surface area contributed by atoms with E-state index in [4.69, 9.17) is 4.74 Å². The molecule has 0 aliphatic heterocycles. The van der Waals surface area contributed by atoms with E-state index >= 15 is 0 Å². The van der Waals surface area contributed by atoms with Crippen molar-refractivity contribution in [2.45, 2.75) is 49.4 Å². The van der Waals surface area contributed by atoms with Crippen LogP contribution < -0.4 is 4.74 Å². The Balaban J connectivity index is 1.91. The van der Waals surface area contributed by atoms with Gasteiger partial charge in [-0.3, -0.25) is 0 Å². The average molecular weight is 408 g/mol. The fraction of sp³-hybridized carbons (Fsp3) is 0.444. The number of ether oxygens (including phenoxy) is 1. The predicted molar refractivity (Wildman–Crippen MR) is 103 cm³/mol. The number of aromatic nitrogens is 3. The zero-order chi connectivity index (χ0) is 19.6. The first kappa shape index (κ1) is 18.4. The molecule has 0 unspecified atom stereocenters. The molecule has 0 spiro atoms. The van der Waals surface area contributed by atoms with E-state index in [1.54, 1.807) is 30.5 Å². The Hall–Kier alpha value is -1.97. The molecule has 7 nitrogen and oxygen atoms in total. The first-order valence-corrected chi connectivity index (χ1v) is 11.0. The van der Waals surface area contributed by atoms with Gasteiger partial charge in [-0.1, -0.05) is 11.3 Å². The third-order valence-electron chi connectivity index (χ3n) is 4.61. The number of hydrogen-bond donors (Lipinski definition) is 1. The fourth-order valence-corrected chi connectivity index (χ4v) is 5.82. The molecule has 0 bridgehead atoms. The molecular weight excluding hydrogens is 386 g/mol. The van der Waals surface area contributed by atoms with Gasteiger partial charge in [0.2, 0.25) is 4.96 Å². The highest BCUT2D eigenvalue weighted by Gasteiger charge is 2.39. The maximum Gasteiger partial charge on any atom is 0.213 e. The molecule has 1 fully saturated rings. The molecule has 1 aromatic carbocycles. The van der Waals surface area contributed by atoms with Gasteiger partial charge in [-0.05, 0) is 51.8 Å². The van der Waals surface area contributed by atoms with Crippen molar-refractivity contribution in [3.63, 3.8) is 0 Å². The summed E-state index contributed by atoms with van der Waals surface area (Å²) in [6.45, 7) is 5.21. The van der Waals surface area contributed by atoms with Gasteiger partial charge in [0.05, 0.1) is 23.7 Å². The Bertz CT molecular complexity index is 1140. The summed E-state index contributed by atoms with van der Waals surface area (Å²) in [6.07, 6.45) is 1.37. The summed E-state index contributed by atoms with van der Waals surface area (Å²) in [5.41, 5.74) is 1.09. The van der Waals surface area contributed by atoms with Gasteiger partial charge in [0.15, 0.2) is 9.84 Å². The maximum atomic E-state index is 12.8.